The minimum absolute atomic E-state index is 0.518. The van der Waals surface area contributed by atoms with Crippen molar-refractivity contribution in [2.24, 2.45) is 0 Å². The van der Waals surface area contributed by atoms with E-state index in [4.69, 9.17) is 9.15 Å². The molecule has 2 aromatic heterocycles. The lowest BCUT2D eigenvalue weighted by Gasteiger charge is -2.08. The Bertz CT molecular complexity index is 1050. The molecule has 0 radical (unpaired) electrons. The molecule has 0 atom stereocenters. The van der Waals surface area contributed by atoms with Crippen molar-refractivity contribution in [2.75, 3.05) is 12.4 Å². The Morgan fingerprint density at radius 3 is 2.84 bits per heavy atom. The van der Waals surface area contributed by atoms with E-state index in [1.807, 2.05) is 54.6 Å². The number of para-hydroxylation sites is 1. The summed E-state index contributed by atoms with van der Waals surface area (Å²) in [5, 5.41) is 4.27. The average Bonchev–Trinajstić information content (AvgIpc) is 3.02. The van der Waals surface area contributed by atoms with E-state index in [0.717, 1.165) is 37.4 Å². The molecule has 0 saturated heterocycles. The molecular weight excluding hydrogens is 429 g/mol. The molecule has 0 bridgehead atoms. The average molecular weight is 443 g/mol. The van der Waals surface area contributed by atoms with Crippen LogP contribution in [0.4, 0.5) is 11.6 Å². The molecule has 6 heteroatoms. The second-order valence-corrected chi connectivity index (χ2v) is 6.46. The van der Waals surface area contributed by atoms with Gasteiger partial charge < -0.3 is 14.5 Å². The van der Waals surface area contributed by atoms with Crippen LogP contribution in [0.15, 0.2) is 65.2 Å². The molecule has 0 amide bonds. The van der Waals surface area contributed by atoms with Gasteiger partial charge in [-0.25, -0.2) is 9.97 Å². The largest absolute Gasteiger partial charge is 0.497 e. The summed E-state index contributed by atoms with van der Waals surface area (Å²) in [7, 11) is 1.64. The molecule has 2 heterocycles. The molecule has 4 rings (SSSR count). The second kappa shape index (κ2) is 6.72. The smallest absolute Gasteiger partial charge is 0.227 e. The van der Waals surface area contributed by atoms with Crippen molar-refractivity contribution in [2.45, 2.75) is 0 Å². The number of benzene rings is 2. The van der Waals surface area contributed by atoms with Crippen molar-refractivity contribution in [1.82, 2.24) is 9.97 Å². The van der Waals surface area contributed by atoms with Gasteiger partial charge in [-0.1, -0.05) is 18.2 Å². The van der Waals surface area contributed by atoms with Crippen LogP contribution in [-0.2, 0) is 0 Å². The number of furan rings is 1. The first-order valence-electron chi connectivity index (χ1n) is 7.65. The molecule has 0 saturated carbocycles. The van der Waals surface area contributed by atoms with Crippen molar-refractivity contribution in [3.05, 3.63) is 64.6 Å². The molecule has 0 unspecified atom stereocenters. The molecule has 0 aliphatic heterocycles. The second-order valence-electron chi connectivity index (χ2n) is 5.40. The minimum atomic E-state index is 0.518. The minimum Gasteiger partial charge on any atom is -0.497 e. The van der Waals surface area contributed by atoms with Crippen LogP contribution in [0.5, 0.6) is 5.75 Å². The Balaban J connectivity index is 1.71. The van der Waals surface area contributed by atoms with Crippen LogP contribution in [0.1, 0.15) is 0 Å². The highest BCUT2D eigenvalue weighted by atomic mass is 127. The SMILES string of the molecule is COc1cccc(Nc2nccc(-c3cccc4cc(I)oc34)n2)c1. The third kappa shape index (κ3) is 3.30. The van der Waals surface area contributed by atoms with Gasteiger partial charge in [0.15, 0.2) is 3.77 Å². The number of anilines is 2. The monoisotopic (exact) mass is 443 g/mol. The number of fused-ring (bicyclic) bond motifs is 1. The van der Waals surface area contributed by atoms with Gasteiger partial charge in [0.05, 0.1) is 12.8 Å². The molecule has 25 heavy (non-hydrogen) atoms. The third-order valence-corrected chi connectivity index (χ3v) is 4.30. The highest BCUT2D eigenvalue weighted by Gasteiger charge is 2.11. The predicted octanol–water partition coefficient (Wildman–Crippen LogP) is 5.25. The molecule has 5 nitrogen and oxygen atoms in total. The number of aromatic nitrogens is 2. The lowest BCUT2D eigenvalue weighted by atomic mass is 10.1. The summed E-state index contributed by atoms with van der Waals surface area (Å²) < 4.78 is 11.9. The van der Waals surface area contributed by atoms with Gasteiger partial charge in [0, 0.05) is 28.9 Å². The van der Waals surface area contributed by atoms with Gasteiger partial charge in [-0.15, -0.1) is 0 Å². The molecule has 0 aliphatic rings. The van der Waals surface area contributed by atoms with Crippen molar-refractivity contribution < 1.29 is 9.15 Å². The summed E-state index contributed by atoms with van der Waals surface area (Å²) >= 11 is 2.17. The maximum atomic E-state index is 5.83. The van der Waals surface area contributed by atoms with Crippen LogP contribution in [-0.4, -0.2) is 17.1 Å². The molecule has 0 fully saturated rings. The van der Waals surface area contributed by atoms with Crippen LogP contribution in [0, 0.1) is 3.77 Å². The number of rotatable bonds is 4. The number of nitrogens with zero attached hydrogens (tertiary/aromatic N) is 2. The number of halogens is 1. The summed E-state index contributed by atoms with van der Waals surface area (Å²) in [6.07, 6.45) is 1.73. The van der Waals surface area contributed by atoms with Gasteiger partial charge in [-0.05, 0) is 52.9 Å². The van der Waals surface area contributed by atoms with Crippen LogP contribution < -0.4 is 10.1 Å². The predicted molar refractivity (Wildman–Crippen MR) is 106 cm³/mol. The Morgan fingerprint density at radius 1 is 1.08 bits per heavy atom. The highest BCUT2D eigenvalue weighted by molar-refractivity contribution is 14.1. The van der Waals surface area contributed by atoms with Gasteiger partial charge in [-0.2, -0.15) is 0 Å². The van der Waals surface area contributed by atoms with Crippen LogP contribution >= 0.6 is 22.6 Å². The summed E-state index contributed by atoms with van der Waals surface area (Å²) in [6, 6.07) is 17.6. The molecule has 4 aromatic rings. The van der Waals surface area contributed by atoms with E-state index in [0.29, 0.717) is 5.95 Å². The first-order valence-corrected chi connectivity index (χ1v) is 8.73. The van der Waals surface area contributed by atoms with E-state index >= 15 is 0 Å². The summed E-state index contributed by atoms with van der Waals surface area (Å²) in [6.45, 7) is 0. The van der Waals surface area contributed by atoms with Crippen molar-refractivity contribution >= 4 is 45.2 Å². The number of nitrogens with one attached hydrogen (secondary N) is 1. The van der Waals surface area contributed by atoms with E-state index in [1.165, 1.54) is 0 Å². The lowest BCUT2D eigenvalue weighted by molar-refractivity contribution is 0.415. The maximum Gasteiger partial charge on any atom is 0.227 e. The van der Waals surface area contributed by atoms with E-state index in [1.54, 1.807) is 13.3 Å². The van der Waals surface area contributed by atoms with Crippen molar-refractivity contribution in [1.29, 1.82) is 0 Å². The fourth-order valence-electron chi connectivity index (χ4n) is 2.63. The maximum absolute atomic E-state index is 5.83. The van der Waals surface area contributed by atoms with Crippen LogP contribution in [0.25, 0.3) is 22.2 Å². The normalized spacial score (nSPS) is 10.8. The van der Waals surface area contributed by atoms with Gasteiger partial charge in [0.1, 0.15) is 11.3 Å². The highest BCUT2D eigenvalue weighted by Crippen LogP contribution is 2.31. The van der Waals surface area contributed by atoms with E-state index in [9.17, 15) is 0 Å². The third-order valence-electron chi connectivity index (χ3n) is 3.77. The Kier molecular flexibility index (Phi) is 4.27. The van der Waals surface area contributed by atoms with Gasteiger partial charge in [0.25, 0.3) is 0 Å². The van der Waals surface area contributed by atoms with E-state index < -0.39 is 0 Å². The standard InChI is InChI=1S/C19H14IN3O2/c1-24-14-6-3-5-13(11-14)22-19-21-9-8-16(23-19)15-7-2-4-12-10-17(20)25-18(12)15/h2-11H,1H3,(H,21,22,23). The zero-order valence-corrected chi connectivity index (χ0v) is 15.5. The Hall–Kier alpha value is -2.61. The number of hydrogen-bond acceptors (Lipinski definition) is 5. The summed E-state index contributed by atoms with van der Waals surface area (Å²) in [5.74, 6) is 1.29. The van der Waals surface area contributed by atoms with Crippen molar-refractivity contribution in [3.8, 4) is 17.0 Å². The molecule has 0 spiro atoms. The fourth-order valence-corrected chi connectivity index (χ4v) is 3.19. The first-order chi connectivity index (χ1) is 12.2. The molecular formula is C19H14IN3O2. The number of methoxy groups -OCH3 is 1. The Morgan fingerprint density at radius 2 is 1.96 bits per heavy atom. The molecule has 2 aromatic carbocycles. The number of ether oxygens (including phenoxy) is 1. The van der Waals surface area contributed by atoms with Gasteiger partial charge >= 0.3 is 0 Å². The van der Waals surface area contributed by atoms with Crippen molar-refractivity contribution in [3.63, 3.8) is 0 Å². The summed E-state index contributed by atoms with van der Waals surface area (Å²) in [5.41, 5.74) is 3.44. The van der Waals surface area contributed by atoms with Crippen LogP contribution in [0.2, 0.25) is 0 Å². The Labute approximate surface area is 158 Å². The van der Waals surface area contributed by atoms with Gasteiger partial charge in [-0.3, -0.25) is 0 Å². The van der Waals surface area contributed by atoms with E-state index in [-0.39, 0.29) is 0 Å². The van der Waals surface area contributed by atoms with Crippen LogP contribution in [0.3, 0.4) is 0 Å². The number of hydrogen-bond donors (Lipinski definition) is 1. The molecule has 1 N–H and O–H groups in total. The molecule has 124 valence electrons. The van der Waals surface area contributed by atoms with E-state index in [2.05, 4.69) is 37.9 Å². The zero-order valence-electron chi connectivity index (χ0n) is 13.4. The quantitative estimate of drug-likeness (QED) is 0.437. The summed E-state index contributed by atoms with van der Waals surface area (Å²) in [4.78, 5) is 8.93. The first kappa shape index (κ1) is 15.9. The zero-order chi connectivity index (χ0) is 17.2. The topological polar surface area (TPSA) is 60.2 Å². The molecule has 0 aliphatic carbocycles. The van der Waals surface area contributed by atoms with Gasteiger partial charge in [0.2, 0.25) is 5.95 Å². The fraction of sp³-hybridized carbons (Fsp3) is 0.0526. The lowest BCUT2D eigenvalue weighted by Crippen LogP contribution is -1.98.